The van der Waals surface area contributed by atoms with E-state index in [0.717, 1.165) is 21.8 Å². The lowest BCUT2D eigenvalue weighted by Gasteiger charge is -2.17. The molecule has 3 heterocycles. The number of rotatable bonds is 2. The molecule has 1 N–H and O–H groups in total. The summed E-state index contributed by atoms with van der Waals surface area (Å²) in [5.74, 6) is 0. The number of fused-ring (bicyclic) bond motifs is 2. The van der Waals surface area contributed by atoms with Crippen LogP contribution < -0.4 is 11.0 Å². The van der Waals surface area contributed by atoms with Crippen molar-refractivity contribution < 1.29 is 0 Å². The van der Waals surface area contributed by atoms with Gasteiger partial charge in [-0.25, -0.2) is 0 Å². The van der Waals surface area contributed by atoms with Gasteiger partial charge in [-0.15, -0.1) is 11.3 Å². The van der Waals surface area contributed by atoms with Crippen molar-refractivity contribution in [3.8, 4) is 5.69 Å². The fourth-order valence-corrected chi connectivity index (χ4v) is 3.98. The number of pyridine rings is 2. The van der Waals surface area contributed by atoms with Gasteiger partial charge >= 0.3 is 0 Å². The Balaban J connectivity index is 1.99. The SMILES string of the molecule is O=c1c2ccsc2[nH]c2cc(C3=CC=C3)n(-c3ccccc3)c(=O)c12. The van der Waals surface area contributed by atoms with Crippen LogP contribution in [0.3, 0.4) is 0 Å². The van der Waals surface area contributed by atoms with Crippen molar-refractivity contribution in [2.24, 2.45) is 0 Å². The highest BCUT2D eigenvalue weighted by Gasteiger charge is 2.18. The van der Waals surface area contributed by atoms with Gasteiger partial charge in [0.15, 0.2) is 0 Å². The third kappa shape index (κ3) is 1.99. The highest BCUT2D eigenvalue weighted by atomic mass is 32.1. The Morgan fingerprint density at radius 2 is 1.84 bits per heavy atom. The molecule has 0 saturated carbocycles. The number of nitrogens with zero attached hydrogens (tertiary/aromatic N) is 1. The largest absolute Gasteiger partial charge is 0.346 e. The highest BCUT2D eigenvalue weighted by Crippen LogP contribution is 2.26. The molecule has 0 aliphatic heterocycles. The molecular formula is C20H12N2O2S. The van der Waals surface area contributed by atoms with E-state index in [4.69, 9.17) is 0 Å². The number of allylic oxidation sites excluding steroid dienone is 4. The van der Waals surface area contributed by atoms with Crippen molar-refractivity contribution in [1.29, 1.82) is 0 Å². The molecule has 3 aromatic heterocycles. The van der Waals surface area contributed by atoms with E-state index in [9.17, 15) is 9.59 Å². The second-order valence-electron chi connectivity index (χ2n) is 5.89. The molecule has 25 heavy (non-hydrogen) atoms. The molecule has 0 fully saturated rings. The summed E-state index contributed by atoms with van der Waals surface area (Å²) in [6.07, 6.45) is 5.86. The van der Waals surface area contributed by atoms with E-state index in [2.05, 4.69) is 4.98 Å². The van der Waals surface area contributed by atoms with E-state index in [1.807, 2.05) is 60.0 Å². The lowest BCUT2D eigenvalue weighted by molar-refractivity contribution is 0.982. The van der Waals surface area contributed by atoms with E-state index in [1.165, 1.54) is 11.3 Å². The lowest BCUT2D eigenvalue weighted by atomic mass is 10.0. The average molecular weight is 344 g/mol. The molecule has 5 rings (SSSR count). The first kappa shape index (κ1) is 14.2. The standard InChI is InChI=1S/C20H12N2O2S/c23-18-14-9-10-25-19(14)21-15-11-16(12-5-4-6-12)22(20(24)17(15)18)13-7-2-1-3-8-13/h1-11H,(H,21,23). The molecule has 0 spiro atoms. The predicted molar refractivity (Wildman–Crippen MR) is 103 cm³/mol. The van der Waals surface area contributed by atoms with Crippen molar-refractivity contribution in [2.75, 3.05) is 0 Å². The molecule has 0 atom stereocenters. The molecule has 1 aromatic carbocycles. The van der Waals surface area contributed by atoms with Crippen LogP contribution in [-0.2, 0) is 0 Å². The van der Waals surface area contributed by atoms with Crippen LogP contribution in [0.25, 0.3) is 32.4 Å². The molecule has 4 nitrogen and oxygen atoms in total. The Morgan fingerprint density at radius 3 is 2.56 bits per heavy atom. The maximum absolute atomic E-state index is 13.3. The minimum absolute atomic E-state index is 0.197. The maximum Gasteiger partial charge on any atom is 0.268 e. The summed E-state index contributed by atoms with van der Waals surface area (Å²) in [7, 11) is 0. The zero-order chi connectivity index (χ0) is 17.0. The van der Waals surface area contributed by atoms with Crippen LogP contribution in [0.5, 0.6) is 0 Å². The van der Waals surface area contributed by atoms with Gasteiger partial charge < -0.3 is 4.98 Å². The molecule has 0 amide bonds. The van der Waals surface area contributed by atoms with Crippen molar-refractivity contribution in [2.45, 2.75) is 0 Å². The molecule has 0 saturated heterocycles. The molecule has 5 heteroatoms. The minimum atomic E-state index is -0.297. The first-order chi connectivity index (χ1) is 12.2. The highest BCUT2D eigenvalue weighted by molar-refractivity contribution is 7.16. The topological polar surface area (TPSA) is 54.9 Å². The van der Waals surface area contributed by atoms with Crippen molar-refractivity contribution in [1.82, 2.24) is 9.55 Å². The number of hydrogen-bond acceptors (Lipinski definition) is 3. The van der Waals surface area contributed by atoms with Crippen LogP contribution in [0.2, 0.25) is 0 Å². The quantitative estimate of drug-likeness (QED) is 0.600. The second-order valence-corrected chi connectivity index (χ2v) is 6.81. The molecule has 1 aliphatic carbocycles. The van der Waals surface area contributed by atoms with Gasteiger partial charge in [-0.1, -0.05) is 36.4 Å². The summed E-state index contributed by atoms with van der Waals surface area (Å²) in [4.78, 5) is 30.2. The average Bonchev–Trinajstić information content (AvgIpc) is 3.03. The Hall–Kier alpha value is -3.18. The summed E-state index contributed by atoms with van der Waals surface area (Å²) in [5, 5.41) is 2.61. The fraction of sp³-hybridized carbons (Fsp3) is 0. The third-order valence-electron chi connectivity index (χ3n) is 4.46. The molecule has 4 aromatic rings. The summed E-state index contributed by atoms with van der Waals surface area (Å²) >= 11 is 1.46. The molecule has 120 valence electrons. The smallest absolute Gasteiger partial charge is 0.268 e. The number of aromatic amines is 1. The summed E-state index contributed by atoms with van der Waals surface area (Å²) in [6.45, 7) is 0. The first-order valence-electron chi connectivity index (χ1n) is 7.87. The van der Waals surface area contributed by atoms with Gasteiger partial charge in [-0.3, -0.25) is 14.2 Å². The van der Waals surface area contributed by atoms with Gasteiger partial charge in [-0.2, -0.15) is 0 Å². The van der Waals surface area contributed by atoms with E-state index < -0.39 is 0 Å². The third-order valence-corrected chi connectivity index (χ3v) is 5.28. The number of benzene rings is 1. The number of aromatic nitrogens is 2. The van der Waals surface area contributed by atoms with Gasteiger partial charge in [0.25, 0.3) is 5.56 Å². The maximum atomic E-state index is 13.3. The predicted octanol–water partition coefficient (Wildman–Crippen LogP) is 3.85. The number of para-hydroxylation sites is 1. The van der Waals surface area contributed by atoms with Gasteiger partial charge in [0.1, 0.15) is 10.2 Å². The Morgan fingerprint density at radius 1 is 1.04 bits per heavy atom. The van der Waals surface area contributed by atoms with Crippen LogP contribution in [0.15, 0.2) is 75.7 Å². The molecule has 0 unspecified atom stereocenters. The Kier molecular flexibility index (Phi) is 2.93. The van der Waals surface area contributed by atoms with Crippen molar-refractivity contribution in [3.05, 3.63) is 92.3 Å². The van der Waals surface area contributed by atoms with E-state index in [0.29, 0.717) is 10.9 Å². The zero-order valence-electron chi connectivity index (χ0n) is 13.0. The first-order valence-corrected chi connectivity index (χ1v) is 8.75. The van der Waals surface area contributed by atoms with Crippen LogP contribution in [0, 0.1) is 0 Å². The van der Waals surface area contributed by atoms with Gasteiger partial charge in [0.05, 0.1) is 16.6 Å². The van der Waals surface area contributed by atoms with E-state index >= 15 is 0 Å². The van der Waals surface area contributed by atoms with Crippen LogP contribution in [0.1, 0.15) is 5.69 Å². The van der Waals surface area contributed by atoms with E-state index in [1.54, 1.807) is 10.6 Å². The van der Waals surface area contributed by atoms with Gasteiger partial charge in [0.2, 0.25) is 5.43 Å². The molecule has 0 radical (unpaired) electrons. The fourth-order valence-electron chi connectivity index (χ4n) is 3.18. The van der Waals surface area contributed by atoms with Gasteiger partial charge in [0, 0.05) is 5.69 Å². The van der Waals surface area contributed by atoms with Crippen LogP contribution >= 0.6 is 11.3 Å². The summed E-state index contributed by atoms with van der Waals surface area (Å²) in [6, 6.07) is 13.1. The van der Waals surface area contributed by atoms with Crippen molar-refractivity contribution in [3.63, 3.8) is 0 Å². The van der Waals surface area contributed by atoms with Crippen LogP contribution in [0.4, 0.5) is 0 Å². The molecule has 0 bridgehead atoms. The summed E-state index contributed by atoms with van der Waals surface area (Å²) in [5.41, 5.74) is 2.55. The number of nitrogens with one attached hydrogen (secondary N) is 1. The monoisotopic (exact) mass is 344 g/mol. The normalized spacial score (nSPS) is 13.2. The number of thiophene rings is 1. The van der Waals surface area contributed by atoms with Gasteiger partial charge in [-0.05, 0) is 35.2 Å². The minimum Gasteiger partial charge on any atom is -0.346 e. The molecule has 1 aliphatic rings. The van der Waals surface area contributed by atoms with E-state index in [-0.39, 0.29) is 16.4 Å². The Labute approximate surface area is 146 Å². The molecular weight excluding hydrogens is 332 g/mol. The number of hydrogen-bond donors (Lipinski definition) is 1. The number of H-pyrrole nitrogens is 1. The second kappa shape index (κ2) is 5.16. The zero-order valence-corrected chi connectivity index (χ0v) is 13.8. The van der Waals surface area contributed by atoms with Crippen molar-refractivity contribution >= 4 is 38.0 Å². The van der Waals surface area contributed by atoms with Crippen LogP contribution in [-0.4, -0.2) is 9.55 Å². The summed E-state index contributed by atoms with van der Waals surface area (Å²) < 4.78 is 1.62. The Bertz CT molecular complexity index is 1320. The lowest BCUT2D eigenvalue weighted by Crippen LogP contribution is -2.26.